The first-order valence-corrected chi connectivity index (χ1v) is 5.78. The van der Waals surface area contributed by atoms with Gasteiger partial charge in [-0.1, -0.05) is 0 Å². The van der Waals surface area contributed by atoms with E-state index in [1.807, 2.05) is 31.2 Å². The molecule has 2 rings (SSSR count). The first-order valence-electron chi connectivity index (χ1n) is 5.78. The van der Waals surface area contributed by atoms with Crippen LogP contribution in [0.2, 0.25) is 0 Å². The Kier molecular flexibility index (Phi) is 3.66. The van der Waals surface area contributed by atoms with Gasteiger partial charge in [-0.05, 0) is 37.3 Å². The topological polar surface area (TPSA) is 70.1 Å². The molecule has 2 N–H and O–H groups in total. The van der Waals surface area contributed by atoms with Crippen molar-refractivity contribution in [1.82, 2.24) is 9.78 Å². The molecule has 2 aromatic rings. The summed E-state index contributed by atoms with van der Waals surface area (Å²) in [4.78, 5) is 10.7. The van der Waals surface area contributed by atoms with Gasteiger partial charge in [0, 0.05) is 17.3 Å². The molecule has 0 bridgehead atoms. The molecule has 0 radical (unpaired) electrons. The van der Waals surface area contributed by atoms with Crippen LogP contribution in [-0.2, 0) is 4.79 Å². The van der Waals surface area contributed by atoms with Crippen molar-refractivity contribution in [2.75, 3.05) is 7.11 Å². The van der Waals surface area contributed by atoms with Gasteiger partial charge in [-0.3, -0.25) is 4.79 Å². The van der Waals surface area contributed by atoms with Gasteiger partial charge < -0.3 is 10.5 Å². The molecule has 0 fully saturated rings. The molecule has 98 valence electrons. The maximum atomic E-state index is 10.7. The monoisotopic (exact) mass is 257 g/mol. The van der Waals surface area contributed by atoms with E-state index in [1.165, 1.54) is 6.08 Å². The van der Waals surface area contributed by atoms with Gasteiger partial charge in [0.1, 0.15) is 5.75 Å². The molecule has 5 nitrogen and oxygen atoms in total. The van der Waals surface area contributed by atoms with Gasteiger partial charge in [0.15, 0.2) is 0 Å². The number of hydrogen-bond acceptors (Lipinski definition) is 3. The van der Waals surface area contributed by atoms with Gasteiger partial charge >= 0.3 is 0 Å². The number of nitrogens with two attached hydrogens (primary N) is 1. The molecule has 0 aliphatic heterocycles. The first-order chi connectivity index (χ1) is 9.11. The minimum absolute atomic E-state index is 0.475. The molecule has 1 amide bonds. The van der Waals surface area contributed by atoms with E-state index in [-0.39, 0.29) is 0 Å². The molecule has 5 heteroatoms. The Balaban J connectivity index is 2.32. The van der Waals surface area contributed by atoms with Crippen LogP contribution in [0.5, 0.6) is 5.75 Å². The van der Waals surface area contributed by atoms with E-state index in [0.29, 0.717) is 0 Å². The minimum atomic E-state index is -0.475. The van der Waals surface area contributed by atoms with Crippen molar-refractivity contribution in [3.05, 3.63) is 47.8 Å². The number of carbonyl (C=O) groups is 1. The van der Waals surface area contributed by atoms with Crippen molar-refractivity contribution in [1.29, 1.82) is 0 Å². The van der Waals surface area contributed by atoms with Crippen LogP contribution in [-0.4, -0.2) is 22.8 Å². The summed E-state index contributed by atoms with van der Waals surface area (Å²) in [6.07, 6.45) is 4.67. The fourth-order valence-corrected chi connectivity index (χ4v) is 1.74. The molecule has 0 aliphatic carbocycles. The molecule has 1 aromatic heterocycles. The highest BCUT2D eigenvalue weighted by Gasteiger charge is 2.06. The van der Waals surface area contributed by atoms with Crippen LogP contribution < -0.4 is 10.5 Å². The van der Waals surface area contributed by atoms with Gasteiger partial charge in [0.25, 0.3) is 0 Å². The number of nitrogens with zero attached hydrogens (tertiary/aromatic N) is 2. The molecular formula is C14H15N3O2. The molecule has 0 atom stereocenters. The zero-order valence-electron chi connectivity index (χ0n) is 10.8. The molecule has 0 aliphatic rings. The van der Waals surface area contributed by atoms with Crippen molar-refractivity contribution in [2.24, 2.45) is 5.73 Å². The van der Waals surface area contributed by atoms with E-state index in [0.717, 1.165) is 22.7 Å². The molecule has 1 aromatic carbocycles. The Morgan fingerprint density at radius 1 is 1.37 bits per heavy atom. The van der Waals surface area contributed by atoms with E-state index < -0.39 is 5.91 Å². The van der Waals surface area contributed by atoms with Gasteiger partial charge in [0.05, 0.1) is 19.0 Å². The van der Waals surface area contributed by atoms with Crippen LogP contribution >= 0.6 is 0 Å². The number of amides is 1. The lowest BCUT2D eigenvalue weighted by atomic mass is 10.2. The smallest absolute Gasteiger partial charge is 0.241 e. The number of ether oxygens (including phenoxy) is 1. The second-order valence-corrected chi connectivity index (χ2v) is 4.03. The molecule has 19 heavy (non-hydrogen) atoms. The number of primary amides is 1. The van der Waals surface area contributed by atoms with Crippen molar-refractivity contribution >= 4 is 12.0 Å². The summed E-state index contributed by atoms with van der Waals surface area (Å²) in [7, 11) is 1.63. The Hall–Kier alpha value is -2.56. The molecule has 0 saturated carbocycles. The van der Waals surface area contributed by atoms with Crippen LogP contribution in [0.1, 0.15) is 11.3 Å². The second-order valence-electron chi connectivity index (χ2n) is 4.03. The number of rotatable bonds is 4. The Morgan fingerprint density at radius 2 is 2.05 bits per heavy atom. The van der Waals surface area contributed by atoms with Gasteiger partial charge in [-0.25, -0.2) is 4.68 Å². The highest BCUT2D eigenvalue weighted by atomic mass is 16.5. The third-order valence-corrected chi connectivity index (χ3v) is 2.79. The zero-order valence-corrected chi connectivity index (χ0v) is 10.8. The summed E-state index contributed by atoms with van der Waals surface area (Å²) in [6, 6.07) is 7.57. The summed E-state index contributed by atoms with van der Waals surface area (Å²) in [5.41, 5.74) is 7.79. The van der Waals surface area contributed by atoms with E-state index in [4.69, 9.17) is 10.5 Å². The lowest BCUT2D eigenvalue weighted by Gasteiger charge is -2.05. The number of benzene rings is 1. The lowest BCUT2D eigenvalue weighted by Crippen LogP contribution is -2.05. The summed E-state index contributed by atoms with van der Waals surface area (Å²) in [6.45, 7) is 1.93. The second kappa shape index (κ2) is 5.39. The standard InChI is InChI=1S/C14H15N3O2/c1-10-11(3-8-14(15)18)9-16-17(10)12-4-6-13(19-2)7-5-12/h3-9H,1-2H3,(H2,15,18)/b8-3+. The lowest BCUT2D eigenvalue weighted by molar-refractivity contribution is -0.113. The predicted molar refractivity (Wildman–Crippen MR) is 73.1 cm³/mol. The first kappa shape index (κ1) is 12.9. The van der Waals surface area contributed by atoms with Crippen LogP contribution in [0.4, 0.5) is 0 Å². The Labute approximate surface area is 111 Å². The quantitative estimate of drug-likeness (QED) is 0.847. The van der Waals surface area contributed by atoms with E-state index in [1.54, 1.807) is 24.1 Å². The van der Waals surface area contributed by atoms with Crippen molar-refractivity contribution in [2.45, 2.75) is 6.92 Å². The highest BCUT2D eigenvalue weighted by Crippen LogP contribution is 2.18. The van der Waals surface area contributed by atoms with Crippen LogP contribution in [0.25, 0.3) is 11.8 Å². The molecule has 0 unspecified atom stereocenters. The van der Waals surface area contributed by atoms with Crippen LogP contribution in [0, 0.1) is 6.92 Å². The molecule has 0 saturated heterocycles. The number of aromatic nitrogens is 2. The van der Waals surface area contributed by atoms with Crippen LogP contribution in [0.3, 0.4) is 0 Å². The van der Waals surface area contributed by atoms with E-state index >= 15 is 0 Å². The average molecular weight is 257 g/mol. The number of carbonyl (C=O) groups excluding carboxylic acids is 1. The maximum absolute atomic E-state index is 10.7. The average Bonchev–Trinajstić information content (AvgIpc) is 2.78. The van der Waals surface area contributed by atoms with E-state index in [9.17, 15) is 4.79 Å². The third kappa shape index (κ3) is 2.82. The zero-order chi connectivity index (χ0) is 13.8. The van der Waals surface area contributed by atoms with Crippen LogP contribution in [0.15, 0.2) is 36.5 Å². The third-order valence-electron chi connectivity index (χ3n) is 2.79. The molecule has 0 spiro atoms. The Bertz CT molecular complexity index is 612. The molecule has 1 heterocycles. The molecular weight excluding hydrogens is 242 g/mol. The Morgan fingerprint density at radius 3 is 2.63 bits per heavy atom. The maximum Gasteiger partial charge on any atom is 0.241 e. The summed E-state index contributed by atoms with van der Waals surface area (Å²) >= 11 is 0. The SMILES string of the molecule is COc1ccc(-n2ncc(/C=C/C(N)=O)c2C)cc1. The number of hydrogen-bond donors (Lipinski definition) is 1. The normalized spacial score (nSPS) is 10.8. The fourth-order valence-electron chi connectivity index (χ4n) is 1.74. The van der Waals surface area contributed by atoms with Crippen molar-refractivity contribution in [3.8, 4) is 11.4 Å². The van der Waals surface area contributed by atoms with E-state index in [2.05, 4.69) is 5.10 Å². The van der Waals surface area contributed by atoms with Gasteiger partial charge in [-0.2, -0.15) is 5.10 Å². The summed E-state index contributed by atoms with van der Waals surface area (Å²) < 4.78 is 6.90. The van der Waals surface area contributed by atoms with Gasteiger partial charge in [-0.15, -0.1) is 0 Å². The summed E-state index contributed by atoms with van der Waals surface area (Å²) in [5.74, 6) is 0.319. The number of methoxy groups -OCH3 is 1. The predicted octanol–water partition coefficient (Wildman–Crippen LogP) is 1.69. The largest absolute Gasteiger partial charge is 0.497 e. The van der Waals surface area contributed by atoms with Crippen molar-refractivity contribution in [3.63, 3.8) is 0 Å². The van der Waals surface area contributed by atoms with Gasteiger partial charge in [0.2, 0.25) is 5.91 Å². The minimum Gasteiger partial charge on any atom is -0.497 e. The summed E-state index contributed by atoms with van der Waals surface area (Å²) in [5, 5.41) is 4.29. The highest BCUT2D eigenvalue weighted by molar-refractivity contribution is 5.90. The van der Waals surface area contributed by atoms with Crippen molar-refractivity contribution < 1.29 is 9.53 Å². The fraction of sp³-hybridized carbons (Fsp3) is 0.143.